The molecule has 5 aromatic rings. The summed E-state index contributed by atoms with van der Waals surface area (Å²) in [6.45, 7) is -0.488. The van der Waals surface area contributed by atoms with E-state index in [0.29, 0.717) is 16.8 Å². The summed E-state index contributed by atoms with van der Waals surface area (Å²) in [4.78, 5) is 17.1. The fourth-order valence-corrected chi connectivity index (χ4v) is 3.83. The fourth-order valence-electron chi connectivity index (χ4n) is 3.83. The summed E-state index contributed by atoms with van der Waals surface area (Å²) in [5, 5.41) is 15.8. The number of ether oxygens (including phenoxy) is 1. The monoisotopic (exact) mass is 478 g/mol. The van der Waals surface area contributed by atoms with E-state index in [-0.39, 0.29) is 28.1 Å². The van der Waals surface area contributed by atoms with Gasteiger partial charge in [0.2, 0.25) is 0 Å². The molecule has 8 nitrogen and oxygen atoms in total. The minimum Gasteiger partial charge on any atom is -0.489 e. The molecule has 0 aliphatic carbocycles. The Balaban J connectivity index is 1.69. The van der Waals surface area contributed by atoms with Gasteiger partial charge in [-0.25, -0.2) is 4.98 Å². The zero-order valence-corrected chi connectivity index (χ0v) is 17.9. The molecule has 0 spiro atoms. The van der Waals surface area contributed by atoms with Crippen LogP contribution in [0.25, 0.3) is 22.2 Å². The first kappa shape index (κ1) is 22.1. The summed E-state index contributed by atoms with van der Waals surface area (Å²) in [6.07, 6.45) is -0.570. The van der Waals surface area contributed by atoms with Crippen molar-refractivity contribution in [3.63, 3.8) is 0 Å². The minimum atomic E-state index is -4.80. The Bertz CT molecular complexity index is 1480. The molecule has 2 aromatic carbocycles. The van der Waals surface area contributed by atoms with Gasteiger partial charge in [0.25, 0.3) is 5.91 Å². The Morgan fingerprint density at radius 3 is 2.51 bits per heavy atom. The first-order chi connectivity index (χ1) is 16.9. The van der Waals surface area contributed by atoms with Crippen LogP contribution < -0.4 is 10.1 Å². The van der Waals surface area contributed by atoms with Crippen molar-refractivity contribution in [2.45, 2.75) is 12.8 Å². The number of hydrogen-bond acceptors (Lipinski definition) is 5. The van der Waals surface area contributed by atoms with E-state index in [2.05, 4.69) is 30.7 Å². The number of para-hydroxylation sites is 1. The van der Waals surface area contributed by atoms with Gasteiger partial charge in [-0.1, -0.05) is 24.3 Å². The molecule has 0 aliphatic rings. The number of rotatable bonds is 6. The maximum Gasteiger partial charge on any atom is 0.417 e. The number of H-pyrrole nitrogens is 2. The number of hydrogen-bond donors (Lipinski definition) is 3. The first-order valence-corrected chi connectivity index (χ1v) is 10.4. The first-order valence-electron chi connectivity index (χ1n) is 10.4. The van der Waals surface area contributed by atoms with E-state index in [9.17, 15) is 18.0 Å². The van der Waals surface area contributed by atoms with Gasteiger partial charge in [-0.2, -0.15) is 23.4 Å². The molecule has 3 aromatic heterocycles. The number of nitrogens with one attached hydrogen (secondary N) is 3. The molecule has 0 fully saturated rings. The SMILES string of the molecule is O=C(Nc1ccn[nH]1)c1ccc(-c2ccnc3[nH]ncc23)c(C(F)(F)F)c1COc1ccccc1. The quantitative estimate of drug-likeness (QED) is 0.311. The predicted octanol–water partition coefficient (Wildman–Crippen LogP) is 5.20. The maximum absolute atomic E-state index is 14.6. The van der Waals surface area contributed by atoms with E-state index in [1.807, 2.05) is 0 Å². The molecule has 0 radical (unpaired) electrons. The number of aromatic nitrogens is 5. The number of nitrogens with zero attached hydrogens (tertiary/aromatic N) is 3. The van der Waals surface area contributed by atoms with Gasteiger partial charge in [0.1, 0.15) is 18.2 Å². The van der Waals surface area contributed by atoms with E-state index in [1.54, 1.807) is 30.3 Å². The van der Waals surface area contributed by atoms with Crippen molar-refractivity contribution < 1.29 is 22.7 Å². The molecule has 0 atom stereocenters. The van der Waals surface area contributed by atoms with Gasteiger partial charge < -0.3 is 10.1 Å². The van der Waals surface area contributed by atoms with Crippen LogP contribution in [0, 0.1) is 0 Å². The normalized spacial score (nSPS) is 11.5. The highest BCUT2D eigenvalue weighted by Gasteiger charge is 2.39. The van der Waals surface area contributed by atoms with Crippen molar-refractivity contribution in [3.8, 4) is 16.9 Å². The molecule has 3 N–H and O–H groups in total. The van der Waals surface area contributed by atoms with Crippen LogP contribution in [-0.2, 0) is 12.8 Å². The highest BCUT2D eigenvalue weighted by atomic mass is 19.4. The van der Waals surface area contributed by atoms with Crippen LogP contribution in [0.5, 0.6) is 5.75 Å². The van der Waals surface area contributed by atoms with Crippen molar-refractivity contribution in [2.24, 2.45) is 0 Å². The zero-order chi connectivity index (χ0) is 24.4. The van der Waals surface area contributed by atoms with Gasteiger partial charge in [0.15, 0.2) is 5.65 Å². The Morgan fingerprint density at radius 1 is 0.943 bits per heavy atom. The summed E-state index contributed by atoms with van der Waals surface area (Å²) >= 11 is 0. The molecule has 0 aliphatic heterocycles. The van der Waals surface area contributed by atoms with E-state index in [0.717, 1.165) is 0 Å². The lowest BCUT2D eigenvalue weighted by molar-refractivity contribution is -0.138. The molecule has 0 bridgehead atoms. The van der Waals surface area contributed by atoms with Gasteiger partial charge in [-0.3, -0.25) is 15.0 Å². The molecule has 35 heavy (non-hydrogen) atoms. The second-order valence-corrected chi connectivity index (χ2v) is 7.53. The highest BCUT2D eigenvalue weighted by Crippen LogP contribution is 2.42. The lowest BCUT2D eigenvalue weighted by atomic mass is 9.90. The maximum atomic E-state index is 14.6. The van der Waals surface area contributed by atoms with Crippen LogP contribution in [0.1, 0.15) is 21.5 Å². The second kappa shape index (κ2) is 8.93. The molecule has 5 rings (SSSR count). The third-order valence-corrected chi connectivity index (χ3v) is 5.36. The summed E-state index contributed by atoms with van der Waals surface area (Å²) in [6, 6.07) is 14.0. The standard InChI is InChI=1S/C24H17F3N6O2/c25-24(26,27)21-16(15-8-10-28-22-18(15)12-30-33-22)6-7-17(23(34)31-20-9-11-29-32-20)19(21)13-35-14-4-2-1-3-5-14/h1-12H,13H2,(H,28,30,33)(H2,29,31,32,34). The highest BCUT2D eigenvalue weighted by molar-refractivity contribution is 6.06. The molecule has 0 unspecified atom stereocenters. The van der Waals surface area contributed by atoms with Crippen LogP contribution in [-0.4, -0.2) is 31.3 Å². The summed E-state index contributed by atoms with van der Waals surface area (Å²) in [5.74, 6) is -0.120. The van der Waals surface area contributed by atoms with Crippen LogP contribution >= 0.6 is 0 Å². The number of benzene rings is 2. The smallest absolute Gasteiger partial charge is 0.417 e. The summed E-state index contributed by atoms with van der Waals surface area (Å²) in [7, 11) is 0. The summed E-state index contributed by atoms with van der Waals surface area (Å²) in [5.41, 5.74) is -0.944. The number of carbonyl (C=O) groups is 1. The Labute approximate surface area is 196 Å². The molecule has 11 heteroatoms. The zero-order valence-electron chi connectivity index (χ0n) is 17.9. The lowest BCUT2D eigenvalue weighted by Crippen LogP contribution is -2.21. The van der Waals surface area contributed by atoms with Crippen LogP contribution in [0.15, 0.2) is 73.2 Å². The third kappa shape index (κ3) is 4.43. The number of pyridine rings is 1. The number of alkyl halides is 3. The topological polar surface area (TPSA) is 109 Å². The Morgan fingerprint density at radius 2 is 1.77 bits per heavy atom. The van der Waals surface area contributed by atoms with Crippen LogP contribution in [0.2, 0.25) is 0 Å². The Kier molecular flexibility index (Phi) is 5.65. The average Bonchev–Trinajstić information content (AvgIpc) is 3.54. The average molecular weight is 478 g/mol. The number of fused-ring (bicyclic) bond motifs is 1. The fraction of sp³-hybridized carbons (Fsp3) is 0.0833. The third-order valence-electron chi connectivity index (χ3n) is 5.36. The van der Waals surface area contributed by atoms with Crippen LogP contribution in [0.3, 0.4) is 0 Å². The Hall–Kier alpha value is -4.67. The van der Waals surface area contributed by atoms with Crippen molar-refractivity contribution in [1.29, 1.82) is 0 Å². The van der Waals surface area contributed by atoms with Crippen molar-refractivity contribution in [3.05, 3.63) is 89.9 Å². The van der Waals surface area contributed by atoms with Crippen molar-refractivity contribution in [2.75, 3.05) is 5.32 Å². The van der Waals surface area contributed by atoms with Gasteiger partial charge in [0.05, 0.1) is 18.0 Å². The largest absolute Gasteiger partial charge is 0.489 e. The number of anilines is 1. The van der Waals surface area contributed by atoms with Gasteiger partial charge >= 0.3 is 6.18 Å². The minimum absolute atomic E-state index is 0.115. The number of amides is 1. The predicted molar refractivity (Wildman–Crippen MR) is 122 cm³/mol. The van der Waals surface area contributed by atoms with E-state index in [4.69, 9.17) is 4.74 Å². The molecular formula is C24H17F3N6O2. The van der Waals surface area contributed by atoms with Gasteiger partial charge in [0, 0.05) is 28.8 Å². The lowest BCUT2D eigenvalue weighted by Gasteiger charge is -2.21. The van der Waals surface area contributed by atoms with Crippen molar-refractivity contribution >= 4 is 22.8 Å². The molecule has 176 valence electrons. The number of halogens is 3. The molecular weight excluding hydrogens is 461 g/mol. The molecule has 0 saturated heterocycles. The summed E-state index contributed by atoms with van der Waals surface area (Å²) < 4.78 is 49.6. The van der Waals surface area contributed by atoms with Crippen molar-refractivity contribution in [1.82, 2.24) is 25.4 Å². The molecule has 0 saturated carbocycles. The van der Waals surface area contributed by atoms with Gasteiger partial charge in [-0.05, 0) is 35.4 Å². The van der Waals surface area contributed by atoms with E-state index >= 15 is 0 Å². The molecule has 1 amide bonds. The van der Waals surface area contributed by atoms with E-state index in [1.165, 1.54) is 42.9 Å². The molecule has 3 heterocycles. The van der Waals surface area contributed by atoms with Crippen LogP contribution in [0.4, 0.5) is 19.0 Å². The van der Waals surface area contributed by atoms with Gasteiger partial charge in [-0.15, -0.1) is 0 Å². The second-order valence-electron chi connectivity index (χ2n) is 7.53. The number of aromatic amines is 2. The van der Waals surface area contributed by atoms with E-state index < -0.39 is 24.3 Å². The number of carbonyl (C=O) groups excluding carboxylic acids is 1.